The summed E-state index contributed by atoms with van der Waals surface area (Å²) in [6.45, 7) is 7.65. The SMILES string of the molecule is CCN(CC)CCCC[C@H](C(N)=O)c1ccccc1. The van der Waals surface area contributed by atoms with Gasteiger partial charge in [0.2, 0.25) is 5.91 Å². The molecule has 0 radical (unpaired) electrons. The number of nitrogens with zero attached hydrogens (tertiary/aromatic N) is 1. The molecule has 0 unspecified atom stereocenters. The van der Waals surface area contributed by atoms with Crippen LogP contribution in [-0.4, -0.2) is 30.4 Å². The highest BCUT2D eigenvalue weighted by Crippen LogP contribution is 2.21. The molecule has 0 bridgehead atoms. The summed E-state index contributed by atoms with van der Waals surface area (Å²) < 4.78 is 0. The minimum Gasteiger partial charge on any atom is -0.369 e. The van der Waals surface area contributed by atoms with Crippen molar-refractivity contribution in [2.75, 3.05) is 19.6 Å². The number of hydrogen-bond acceptors (Lipinski definition) is 2. The average Bonchev–Trinajstić information content (AvgIpc) is 2.43. The molecule has 19 heavy (non-hydrogen) atoms. The number of amides is 1. The fourth-order valence-electron chi connectivity index (χ4n) is 2.38. The zero-order chi connectivity index (χ0) is 14.1. The lowest BCUT2D eigenvalue weighted by Gasteiger charge is -2.18. The number of primary amides is 1. The van der Waals surface area contributed by atoms with Crippen molar-refractivity contribution in [2.45, 2.75) is 39.0 Å². The highest BCUT2D eigenvalue weighted by atomic mass is 16.1. The van der Waals surface area contributed by atoms with E-state index in [1.54, 1.807) is 0 Å². The Morgan fingerprint density at radius 1 is 1.16 bits per heavy atom. The van der Waals surface area contributed by atoms with Crippen molar-refractivity contribution >= 4 is 5.91 Å². The minimum absolute atomic E-state index is 0.141. The normalized spacial score (nSPS) is 12.6. The van der Waals surface area contributed by atoms with E-state index in [0.29, 0.717) is 0 Å². The molecule has 3 heteroatoms. The van der Waals surface area contributed by atoms with E-state index < -0.39 is 0 Å². The maximum Gasteiger partial charge on any atom is 0.224 e. The summed E-state index contributed by atoms with van der Waals surface area (Å²) in [5.74, 6) is -0.355. The molecule has 0 aliphatic carbocycles. The Balaban J connectivity index is 2.42. The first-order valence-electron chi connectivity index (χ1n) is 7.25. The lowest BCUT2D eigenvalue weighted by molar-refractivity contribution is -0.119. The molecule has 0 aromatic heterocycles. The largest absolute Gasteiger partial charge is 0.369 e. The number of nitrogens with two attached hydrogens (primary N) is 1. The third-order valence-corrected chi connectivity index (χ3v) is 3.66. The number of hydrogen-bond donors (Lipinski definition) is 1. The topological polar surface area (TPSA) is 46.3 Å². The van der Waals surface area contributed by atoms with Crippen LogP contribution in [0.5, 0.6) is 0 Å². The molecule has 0 spiro atoms. The summed E-state index contributed by atoms with van der Waals surface area (Å²) >= 11 is 0. The molecule has 0 heterocycles. The molecule has 2 N–H and O–H groups in total. The Morgan fingerprint density at radius 2 is 1.79 bits per heavy atom. The lowest BCUT2D eigenvalue weighted by Crippen LogP contribution is -2.25. The predicted molar refractivity (Wildman–Crippen MR) is 80.0 cm³/mol. The average molecular weight is 262 g/mol. The van der Waals surface area contributed by atoms with Crippen molar-refractivity contribution in [3.05, 3.63) is 35.9 Å². The van der Waals surface area contributed by atoms with Crippen LogP contribution in [0.25, 0.3) is 0 Å². The first kappa shape index (κ1) is 15.7. The van der Waals surface area contributed by atoms with Gasteiger partial charge < -0.3 is 10.6 Å². The molecular formula is C16H26N2O. The standard InChI is InChI=1S/C16H26N2O/c1-3-18(4-2)13-9-8-12-15(16(17)19)14-10-6-5-7-11-14/h5-7,10-11,15H,3-4,8-9,12-13H2,1-2H3,(H2,17,19)/t15-/m0/s1. The number of carbonyl (C=O) groups excluding carboxylic acids is 1. The summed E-state index contributed by atoms with van der Waals surface area (Å²) in [6, 6.07) is 9.85. The molecule has 0 fully saturated rings. The van der Waals surface area contributed by atoms with E-state index >= 15 is 0 Å². The van der Waals surface area contributed by atoms with Crippen LogP contribution in [0.4, 0.5) is 0 Å². The van der Waals surface area contributed by atoms with Gasteiger partial charge >= 0.3 is 0 Å². The summed E-state index contributed by atoms with van der Waals surface area (Å²) in [7, 11) is 0. The number of carbonyl (C=O) groups is 1. The van der Waals surface area contributed by atoms with Gasteiger partial charge in [-0.3, -0.25) is 4.79 Å². The van der Waals surface area contributed by atoms with Crippen molar-refractivity contribution in [1.29, 1.82) is 0 Å². The zero-order valence-corrected chi connectivity index (χ0v) is 12.1. The van der Waals surface area contributed by atoms with E-state index in [1.807, 2.05) is 30.3 Å². The molecule has 1 aromatic carbocycles. The minimum atomic E-state index is -0.214. The van der Waals surface area contributed by atoms with E-state index in [-0.39, 0.29) is 11.8 Å². The van der Waals surface area contributed by atoms with E-state index in [9.17, 15) is 4.79 Å². The summed E-state index contributed by atoms with van der Waals surface area (Å²) in [4.78, 5) is 14.0. The fourth-order valence-corrected chi connectivity index (χ4v) is 2.38. The first-order chi connectivity index (χ1) is 9.19. The zero-order valence-electron chi connectivity index (χ0n) is 12.1. The third-order valence-electron chi connectivity index (χ3n) is 3.66. The van der Waals surface area contributed by atoms with Crippen molar-refractivity contribution < 1.29 is 4.79 Å². The number of rotatable bonds is 9. The molecule has 1 aromatic rings. The molecule has 106 valence electrons. The van der Waals surface area contributed by atoms with E-state index in [4.69, 9.17) is 5.73 Å². The Labute approximate surface area is 116 Å². The van der Waals surface area contributed by atoms with Crippen LogP contribution in [0, 0.1) is 0 Å². The Bertz CT molecular complexity index is 360. The van der Waals surface area contributed by atoms with Gasteiger partial charge in [-0.1, -0.05) is 50.6 Å². The van der Waals surface area contributed by atoms with Crippen molar-refractivity contribution in [3.8, 4) is 0 Å². The molecule has 1 atom stereocenters. The molecule has 1 rings (SSSR count). The van der Waals surface area contributed by atoms with E-state index in [2.05, 4.69) is 18.7 Å². The molecule has 0 saturated carbocycles. The van der Waals surface area contributed by atoms with Crippen LogP contribution in [0.2, 0.25) is 0 Å². The molecular weight excluding hydrogens is 236 g/mol. The molecule has 0 aliphatic rings. The van der Waals surface area contributed by atoms with Crippen LogP contribution < -0.4 is 5.73 Å². The highest BCUT2D eigenvalue weighted by molar-refractivity contribution is 5.81. The Kier molecular flexibility index (Phi) is 7.19. The van der Waals surface area contributed by atoms with Crippen LogP contribution >= 0.6 is 0 Å². The molecule has 3 nitrogen and oxygen atoms in total. The summed E-state index contributed by atoms with van der Waals surface area (Å²) in [5.41, 5.74) is 6.55. The second kappa shape index (κ2) is 8.70. The van der Waals surface area contributed by atoms with Crippen LogP contribution in [0.1, 0.15) is 44.6 Å². The van der Waals surface area contributed by atoms with Crippen LogP contribution in [-0.2, 0) is 4.79 Å². The molecule has 1 amide bonds. The number of benzene rings is 1. The number of unbranched alkanes of at least 4 members (excludes halogenated alkanes) is 1. The van der Waals surface area contributed by atoms with Gasteiger partial charge in [0.1, 0.15) is 0 Å². The van der Waals surface area contributed by atoms with Gasteiger partial charge in [0.15, 0.2) is 0 Å². The predicted octanol–water partition coefficient (Wildman–Crippen LogP) is 2.77. The summed E-state index contributed by atoms with van der Waals surface area (Å²) in [5, 5.41) is 0. The lowest BCUT2D eigenvalue weighted by atomic mass is 9.93. The summed E-state index contributed by atoms with van der Waals surface area (Å²) in [6.07, 6.45) is 3.01. The monoisotopic (exact) mass is 262 g/mol. The van der Waals surface area contributed by atoms with Gasteiger partial charge in [-0.2, -0.15) is 0 Å². The first-order valence-corrected chi connectivity index (χ1v) is 7.25. The van der Waals surface area contributed by atoms with Crippen molar-refractivity contribution in [3.63, 3.8) is 0 Å². The molecule has 0 saturated heterocycles. The van der Waals surface area contributed by atoms with Crippen molar-refractivity contribution in [2.24, 2.45) is 5.73 Å². The second-order valence-electron chi connectivity index (χ2n) is 4.89. The van der Waals surface area contributed by atoms with E-state index in [1.165, 1.54) is 0 Å². The van der Waals surface area contributed by atoms with Crippen molar-refractivity contribution in [1.82, 2.24) is 4.90 Å². The van der Waals surface area contributed by atoms with Crippen LogP contribution in [0.3, 0.4) is 0 Å². The Hall–Kier alpha value is -1.35. The quantitative estimate of drug-likeness (QED) is 0.696. The van der Waals surface area contributed by atoms with Gasteiger partial charge in [-0.15, -0.1) is 0 Å². The van der Waals surface area contributed by atoms with E-state index in [0.717, 1.165) is 44.5 Å². The highest BCUT2D eigenvalue weighted by Gasteiger charge is 2.16. The third kappa shape index (κ3) is 5.43. The second-order valence-corrected chi connectivity index (χ2v) is 4.89. The Morgan fingerprint density at radius 3 is 2.32 bits per heavy atom. The molecule has 0 aliphatic heterocycles. The van der Waals surface area contributed by atoms with Gasteiger partial charge in [-0.25, -0.2) is 0 Å². The smallest absolute Gasteiger partial charge is 0.224 e. The van der Waals surface area contributed by atoms with Gasteiger partial charge in [0.25, 0.3) is 0 Å². The van der Waals surface area contributed by atoms with Crippen LogP contribution in [0.15, 0.2) is 30.3 Å². The fraction of sp³-hybridized carbons (Fsp3) is 0.562. The maximum atomic E-state index is 11.6. The van der Waals surface area contributed by atoms with Gasteiger partial charge in [0, 0.05) is 0 Å². The van der Waals surface area contributed by atoms with Gasteiger partial charge in [-0.05, 0) is 38.0 Å². The maximum absolute atomic E-state index is 11.6. The van der Waals surface area contributed by atoms with Gasteiger partial charge in [0.05, 0.1) is 5.92 Å².